The molecule has 4 aliphatic heterocycles. The van der Waals surface area contributed by atoms with Gasteiger partial charge in [0.2, 0.25) is 17.8 Å². The molecule has 2 amide bonds. The van der Waals surface area contributed by atoms with Gasteiger partial charge in [-0.05, 0) is 41.7 Å². The predicted molar refractivity (Wildman–Crippen MR) is 158 cm³/mol. The second-order valence-electron chi connectivity index (χ2n) is 12.0. The molecule has 2 aromatic rings. The lowest BCUT2D eigenvalue weighted by Gasteiger charge is -2.47. The SMILES string of the molecule is C[C@@H](CC(=O)Cn1cnnn1)[C@H]1C(=O)N2C(C(=O)O)=C(S[C@@H]3CN[C@H](C(=O)N4CCC(Nc5ncccn5)CC4)C3)[C@H](C)[C@H]12. The first kappa shape index (κ1) is 30.1. The molecular formula is C28H36N10O5S. The fourth-order valence-corrected chi connectivity index (χ4v) is 8.41. The Balaban J connectivity index is 1.03. The third-order valence-corrected chi connectivity index (χ3v) is 10.6. The largest absolute Gasteiger partial charge is 0.477 e. The predicted octanol–water partition coefficient (Wildman–Crippen LogP) is 0.398. The lowest BCUT2D eigenvalue weighted by molar-refractivity contribution is -0.160. The number of rotatable bonds is 11. The lowest BCUT2D eigenvalue weighted by atomic mass is 9.73. The summed E-state index contributed by atoms with van der Waals surface area (Å²) < 4.78 is 1.34. The van der Waals surface area contributed by atoms with Gasteiger partial charge in [0.1, 0.15) is 18.6 Å². The van der Waals surface area contributed by atoms with Crippen LogP contribution in [0.15, 0.2) is 35.4 Å². The minimum absolute atomic E-state index is 0.00673. The van der Waals surface area contributed by atoms with Crippen molar-refractivity contribution in [3.63, 3.8) is 0 Å². The van der Waals surface area contributed by atoms with Crippen LogP contribution in [0.3, 0.4) is 0 Å². The maximum Gasteiger partial charge on any atom is 0.353 e. The molecule has 4 aliphatic rings. The average molecular weight is 625 g/mol. The number of hydrogen-bond donors (Lipinski definition) is 3. The Morgan fingerprint density at radius 1 is 1.20 bits per heavy atom. The first-order valence-electron chi connectivity index (χ1n) is 15.0. The number of likely N-dealkylation sites (tertiary alicyclic amines) is 1. The summed E-state index contributed by atoms with van der Waals surface area (Å²) in [6.45, 7) is 5.68. The number of carbonyl (C=O) groups excluding carboxylic acids is 3. The van der Waals surface area contributed by atoms with Crippen LogP contribution < -0.4 is 10.6 Å². The number of hydrogen-bond acceptors (Lipinski definition) is 12. The van der Waals surface area contributed by atoms with Gasteiger partial charge < -0.3 is 25.5 Å². The number of fused-ring (bicyclic) bond motifs is 1. The van der Waals surface area contributed by atoms with Crippen LogP contribution in [-0.4, -0.2) is 112 Å². The number of carboxylic acids is 1. The number of piperidine rings is 1. The summed E-state index contributed by atoms with van der Waals surface area (Å²) in [5.74, 6) is -1.73. The van der Waals surface area contributed by atoms with E-state index in [-0.39, 0.29) is 71.5 Å². The maximum atomic E-state index is 13.4. The highest BCUT2D eigenvalue weighted by Crippen LogP contribution is 2.53. The van der Waals surface area contributed by atoms with E-state index >= 15 is 0 Å². The molecule has 15 nitrogen and oxygen atoms in total. The summed E-state index contributed by atoms with van der Waals surface area (Å²) in [6, 6.07) is 1.33. The van der Waals surface area contributed by atoms with Crippen LogP contribution in [0.25, 0.3) is 0 Å². The Morgan fingerprint density at radius 2 is 1.95 bits per heavy atom. The van der Waals surface area contributed by atoms with Crippen LogP contribution >= 0.6 is 11.8 Å². The van der Waals surface area contributed by atoms with Crippen LogP contribution in [0, 0.1) is 17.8 Å². The zero-order valence-corrected chi connectivity index (χ0v) is 25.4. The van der Waals surface area contributed by atoms with Crippen molar-refractivity contribution in [3.05, 3.63) is 35.4 Å². The molecule has 0 bridgehead atoms. The number of Topliss-reactive ketones (excluding diaryl/α,β-unsaturated/α-hetero) is 1. The number of amides is 2. The third kappa shape index (κ3) is 5.92. The molecular weight excluding hydrogens is 588 g/mol. The molecule has 0 unspecified atom stereocenters. The first-order valence-corrected chi connectivity index (χ1v) is 15.8. The number of anilines is 1. The van der Waals surface area contributed by atoms with Crippen LogP contribution in [0.2, 0.25) is 0 Å². The quantitative estimate of drug-likeness (QED) is 0.292. The number of ketones is 1. The normalized spacial score (nSPS) is 27.7. The number of thioether (sulfide) groups is 1. The summed E-state index contributed by atoms with van der Waals surface area (Å²) in [5, 5.41) is 27.6. The molecule has 0 aliphatic carbocycles. The van der Waals surface area contributed by atoms with Gasteiger partial charge in [-0.25, -0.2) is 19.4 Å². The number of nitrogens with one attached hydrogen (secondary N) is 2. The van der Waals surface area contributed by atoms with Gasteiger partial charge in [-0.1, -0.05) is 13.8 Å². The van der Waals surface area contributed by atoms with E-state index in [4.69, 9.17) is 0 Å². The highest BCUT2D eigenvalue weighted by atomic mass is 32.2. The van der Waals surface area contributed by atoms with Gasteiger partial charge in [-0.15, -0.1) is 16.9 Å². The molecule has 6 atom stereocenters. The van der Waals surface area contributed by atoms with E-state index in [1.165, 1.54) is 27.7 Å². The van der Waals surface area contributed by atoms with Crippen molar-refractivity contribution in [1.29, 1.82) is 0 Å². The van der Waals surface area contributed by atoms with Gasteiger partial charge in [0.15, 0.2) is 5.78 Å². The Morgan fingerprint density at radius 3 is 2.64 bits per heavy atom. The summed E-state index contributed by atoms with van der Waals surface area (Å²) in [7, 11) is 0. The van der Waals surface area contributed by atoms with E-state index in [1.54, 1.807) is 18.5 Å². The lowest BCUT2D eigenvalue weighted by Crippen LogP contribution is -2.62. The topological polar surface area (TPSA) is 188 Å². The number of tetrazole rings is 1. The molecule has 16 heteroatoms. The summed E-state index contributed by atoms with van der Waals surface area (Å²) in [5.41, 5.74) is 0.0349. The van der Waals surface area contributed by atoms with Crippen molar-refractivity contribution in [3.8, 4) is 0 Å². The van der Waals surface area contributed by atoms with Crippen LogP contribution in [0.1, 0.15) is 39.5 Å². The molecule has 3 fully saturated rings. The van der Waals surface area contributed by atoms with Crippen molar-refractivity contribution in [2.45, 2.75) is 69.5 Å². The zero-order chi connectivity index (χ0) is 31.0. The number of aromatic nitrogens is 6. The number of carbonyl (C=O) groups is 4. The molecule has 0 aromatic carbocycles. The molecule has 0 spiro atoms. The smallest absolute Gasteiger partial charge is 0.353 e. The number of β-lactam (4-membered cyclic amide) rings is 1. The van der Waals surface area contributed by atoms with Crippen molar-refractivity contribution >= 4 is 41.3 Å². The summed E-state index contributed by atoms with van der Waals surface area (Å²) >= 11 is 1.46. The molecule has 2 aromatic heterocycles. The van der Waals surface area contributed by atoms with E-state index in [0.717, 1.165) is 12.8 Å². The Kier molecular flexibility index (Phi) is 8.62. The highest BCUT2D eigenvalue weighted by molar-refractivity contribution is 8.03. The van der Waals surface area contributed by atoms with Gasteiger partial charge >= 0.3 is 5.97 Å². The van der Waals surface area contributed by atoms with Crippen molar-refractivity contribution in [2.24, 2.45) is 17.8 Å². The standard InChI is InChI=1S/C28H36N10O5S/c1-15(10-18(39)13-37-14-32-34-35-37)21-22-16(2)24(23(27(42)43)38(22)26(21)41)44-19-11-20(31-12-19)25(40)36-8-4-17(5-9-36)33-28-29-6-3-7-30-28/h3,6-7,14-17,19-22,31H,4-5,8-13H2,1-2H3,(H,42,43)(H,29,30,33)/t15-,16+,19-,20-,21+,22+/m0/s1. The Bertz CT molecular complexity index is 1430. The van der Waals surface area contributed by atoms with Crippen molar-refractivity contribution < 1.29 is 24.3 Å². The van der Waals surface area contributed by atoms with Gasteiger partial charge in [-0.3, -0.25) is 14.4 Å². The Labute approximate surface area is 258 Å². The van der Waals surface area contributed by atoms with Crippen LogP contribution in [0.4, 0.5) is 5.95 Å². The minimum atomic E-state index is -1.13. The van der Waals surface area contributed by atoms with Gasteiger partial charge in [0, 0.05) is 60.6 Å². The molecule has 6 rings (SSSR count). The first-order chi connectivity index (χ1) is 21.2. The van der Waals surface area contributed by atoms with Gasteiger partial charge in [-0.2, -0.15) is 0 Å². The molecule has 44 heavy (non-hydrogen) atoms. The van der Waals surface area contributed by atoms with Gasteiger partial charge in [0.25, 0.3) is 0 Å². The monoisotopic (exact) mass is 624 g/mol. The zero-order valence-electron chi connectivity index (χ0n) is 24.6. The van der Waals surface area contributed by atoms with E-state index in [0.29, 0.717) is 36.9 Å². The van der Waals surface area contributed by atoms with Crippen LogP contribution in [-0.2, 0) is 25.7 Å². The molecule has 3 saturated heterocycles. The number of carboxylic acid groups (broad SMARTS) is 1. The fourth-order valence-electron chi connectivity index (χ4n) is 6.93. The van der Waals surface area contributed by atoms with Crippen LogP contribution in [0.5, 0.6) is 0 Å². The van der Waals surface area contributed by atoms with Gasteiger partial charge in [0.05, 0.1) is 18.0 Å². The number of nitrogens with zero attached hydrogens (tertiary/aromatic N) is 8. The average Bonchev–Trinajstić information content (AvgIpc) is 3.74. The Hall–Kier alpha value is -3.92. The molecule has 3 N–H and O–H groups in total. The third-order valence-electron chi connectivity index (χ3n) is 9.07. The molecule has 234 valence electrons. The maximum absolute atomic E-state index is 13.4. The summed E-state index contributed by atoms with van der Waals surface area (Å²) in [4.78, 5) is 64.0. The second-order valence-corrected chi connectivity index (χ2v) is 13.4. The molecule has 0 saturated carbocycles. The van der Waals surface area contributed by atoms with E-state index < -0.39 is 11.9 Å². The molecule has 6 heterocycles. The highest BCUT2D eigenvalue weighted by Gasteiger charge is 2.60. The van der Waals surface area contributed by atoms with E-state index in [2.05, 4.69) is 36.1 Å². The van der Waals surface area contributed by atoms with E-state index in [9.17, 15) is 24.3 Å². The summed E-state index contributed by atoms with van der Waals surface area (Å²) in [6.07, 6.45) is 7.10. The van der Waals surface area contributed by atoms with Crippen molar-refractivity contribution in [1.82, 2.24) is 45.3 Å². The van der Waals surface area contributed by atoms with Crippen molar-refractivity contribution in [2.75, 3.05) is 25.0 Å². The number of aliphatic carboxylic acids is 1. The fraction of sp³-hybridized carbons (Fsp3) is 0.607. The van der Waals surface area contributed by atoms with E-state index in [1.807, 2.05) is 18.7 Å². The minimum Gasteiger partial charge on any atom is -0.477 e. The second kappa shape index (κ2) is 12.6. The molecule has 0 radical (unpaired) electrons.